The van der Waals surface area contributed by atoms with E-state index in [9.17, 15) is 8.78 Å². The molecule has 0 aliphatic heterocycles. The lowest BCUT2D eigenvalue weighted by Crippen LogP contribution is -2.13. The van der Waals surface area contributed by atoms with Crippen molar-refractivity contribution in [3.8, 4) is 0 Å². The highest BCUT2D eigenvalue weighted by Crippen LogP contribution is 2.25. The van der Waals surface area contributed by atoms with Crippen LogP contribution in [0.2, 0.25) is 5.02 Å². The van der Waals surface area contributed by atoms with Crippen molar-refractivity contribution in [3.05, 3.63) is 68.7 Å². The predicted molar refractivity (Wildman–Crippen MR) is 76.1 cm³/mol. The number of rotatable bonds is 3. The second-order valence-corrected chi connectivity index (χ2v) is 5.48. The summed E-state index contributed by atoms with van der Waals surface area (Å²) in [5.41, 5.74) is 7.68. The molecule has 2 rings (SSSR count). The number of hydrogen-bond donors (Lipinski definition) is 1. The van der Waals surface area contributed by atoms with Crippen LogP contribution >= 0.6 is 27.5 Å². The second-order valence-electron chi connectivity index (χ2n) is 4.22. The SMILES string of the molecule is NC(Cc1ccc(F)cc1Br)c1ccc(F)c(Cl)c1. The van der Waals surface area contributed by atoms with Crippen molar-refractivity contribution in [2.45, 2.75) is 12.5 Å². The second kappa shape index (κ2) is 5.99. The Morgan fingerprint density at radius 1 is 1.16 bits per heavy atom. The van der Waals surface area contributed by atoms with E-state index in [0.29, 0.717) is 10.9 Å². The average Bonchev–Trinajstić information content (AvgIpc) is 2.36. The Morgan fingerprint density at radius 2 is 1.89 bits per heavy atom. The fraction of sp³-hybridized carbons (Fsp3) is 0.143. The van der Waals surface area contributed by atoms with Gasteiger partial charge < -0.3 is 5.73 Å². The van der Waals surface area contributed by atoms with E-state index in [0.717, 1.165) is 11.1 Å². The van der Waals surface area contributed by atoms with Crippen LogP contribution in [0.4, 0.5) is 8.78 Å². The summed E-state index contributed by atoms with van der Waals surface area (Å²) in [5, 5.41) is 0.0473. The Bertz CT molecular complexity index is 604. The van der Waals surface area contributed by atoms with Gasteiger partial charge in [0, 0.05) is 10.5 Å². The van der Waals surface area contributed by atoms with Gasteiger partial charge in [-0.15, -0.1) is 0 Å². The van der Waals surface area contributed by atoms with Crippen LogP contribution in [0.5, 0.6) is 0 Å². The molecule has 0 radical (unpaired) electrons. The summed E-state index contributed by atoms with van der Waals surface area (Å²) in [4.78, 5) is 0. The van der Waals surface area contributed by atoms with Crippen LogP contribution in [-0.4, -0.2) is 0 Å². The first-order chi connectivity index (χ1) is 8.97. The largest absolute Gasteiger partial charge is 0.324 e. The van der Waals surface area contributed by atoms with Crippen LogP contribution in [0, 0.1) is 11.6 Å². The van der Waals surface area contributed by atoms with E-state index in [1.807, 2.05) is 0 Å². The van der Waals surface area contributed by atoms with Crippen molar-refractivity contribution in [2.24, 2.45) is 5.73 Å². The van der Waals surface area contributed by atoms with E-state index in [2.05, 4.69) is 15.9 Å². The Morgan fingerprint density at radius 3 is 2.53 bits per heavy atom. The maximum atomic E-state index is 13.1. The van der Waals surface area contributed by atoms with Gasteiger partial charge >= 0.3 is 0 Å². The Kier molecular flexibility index (Phi) is 4.55. The number of halogens is 4. The molecule has 100 valence electrons. The first-order valence-corrected chi connectivity index (χ1v) is 6.79. The summed E-state index contributed by atoms with van der Waals surface area (Å²) in [7, 11) is 0. The third-order valence-corrected chi connectivity index (χ3v) is 3.85. The molecule has 0 aliphatic rings. The fourth-order valence-corrected chi connectivity index (χ4v) is 2.49. The third-order valence-electron chi connectivity index (χ3n) is 2.83. The van der Waals surface area contributed by atoms with E-state index >= 15 is 0 Å². The minimum Gasteiger partial charge on any atom is -0.324 e. The summed E-state index contributed by atoms with van der Waals surface area (Å²) in [6, 6.07) is 8.51. The molecule has 5 heteroatoms. The van der Waals surface area contributed by atoms with Gasteiger partial charge in [-0.1, -0.05) is 39.7 Å². The van der Waals surface area contributed by atoms with Crippen LogP contribution in [0.15, 0.2) is 40.9 Å². The van der Waals surface area contributed by atoms with Crippen molar-refractivity contribution < 1.29 is 8.78 Å². The predicted octanol–water partition coefficient (Wildman–Crippen LogP) is 4.62. The lowest BCUT2D eigenvalue weighted by Gasteiger charge is -2.14. The molecule has 0 heterocycles. The molecule has 0 bridgehead atoms. The van der Waals surface area contributed by atoms with Gasteiger partial charge in [0.15, 0.2) is 0 Å². The zero-order valence-corrected chi connectivity index (χ0v) is 12.2. The molecule has 1 atom stereocenters. The first kappa shape index (κ1) is 14.4. The fourth-order valence-electron chi connectivity index (χ4n) is 1.79. The molecule has 1 nitrogen and oxygen atoms in total. The highest BCUT2D eigenvalue weighted by molar-refractivity contribution is 9.10. The standard InChI is InChI=1S/C14H11BrClF2N/c15-11-7-10(17)3-1-8(11)6-14(19)9-2-4-13(18)12(16)5-9/h1-5,7,14H,6,19H2. The zero-order valence-electron chi connectivity index (χ0n) is 9.84. The smallest absolute Gasteiger partial charge is 0.141 e. The Hall–Kier alpha value is -0.970. The Labute approximate surface area is 123 Å². The summed E-state index contributed by atoms with van der Waals surface area (Å²) in [6.07, 6.45) is 0.503. The van der Waals surface area contributed by atoms with E-state index in [4.69, 9.17) is 17.3 Å². The van der Waals surface area contributed by atoms with Crippen molar-refractivity contribution in [1.29, 1.82) is 0 Å². The topological polar surface area (TPSA) is 26.0 Å². The average molecular weight is 347 g/mol. The van der Waals surface area contributed by atoms with Crippen LogP contribution in [0.3, 0.4) is 0 Å². The van der Waals surface area contributed by atoms with Crippen LogP contribution < -0.4 is 5.73 Å². The summed E-state index contributed by atoms with van der Waals surface area (Å²) < 4.78 is 26.7. The van der Waals surface area contributed by atoms with Gasteiger partial charge in [0.1, 0.15) is 11.6 Å². The number of nitrogens with two attached hydrogens (primary N) is 1. The van der Waals surface area contributed by atoms with Gasteiger partial charge in [-0.2, -0.15) is 0 Å². The van der Waals surface area contributed by atoms with Crippen molar-refractivity contribution >= 4 is 27.5 Å². The molecular weight excluding hydrogens is 336 g/mol. The van der Waals surface area contributed by atoms with E-state index in [1.165, 1.54) is 24.3 Å². The van der Waals surface area contributed by atoms with E-state index in [-0.39, 0.29) is 16.9 Å². The van der Waals surface area contributed by atoms with Gasteiger partial charge in [-0.05, 0) is 41.8 Å². The summed E-state index contributed by atoms with van der Waals surface area (Å²) in [5.74, 6) is -0.783. The highest BCUT2D eigenvalue weighted by atomic mass is 79.9. The molecule has 2 N–H and O–H groups in total. The summed E-state index contributed by atoms with van der Waals surface area (Å²) in [6.45, 7) is 0. The molecule has 2 aromatic rings. The van der Waals surface area contributed by atoms with Crippen molar-refractivity contribution in [3.63, 3.8) is 0 Å². The maximum Gasteiger partial charge on any atom is 0.141 e. The highest BCUT2D eigenvalue weighted by Gasteiger charge is 2.12. The summed E-state index contributed by atoms with van der Waals surface area (Å²) >= 11 is 9.02. The van der Waals surface area contributed by atoms with Crippen LogP contribution in [-0.2, 0) is 6.42 Å². The number of benzene rings is 2. The lowest BCUT2D eigenvalue weighted by molar-refractivity contribution is 0.621. The van der Waals surface area contributed by atoms with Gasteiger partial charge in [0.25, 0.3) is 0 Å². The van der Waals surface area contributed by atoms with E-state index < -0.39 is 5.82 Å². The monoisotopic (exact) mass is 345 g/mol. The van der Waals surface area contributed by atoms with Gasteiger partial charge in [0.2, 0.25) is 0 Å². The molecule has 0 saturated heterocycles. The normalized spacial score (nSPS) is 12.5. The minimum absolute atomic E-state index is 0.0473. The third kappa shape index (κ3) is 3.53. The van der Waals surface area contributed by atoms with E-state index in [1.54, 1.807) is 12.1 Å². The molecule has 1 unspecified atom stereocenters. The van der Waals surface area contributed by atoms with Crippen LogP contribution in [0.25, 0.3) is 0 Å². The van der Waals surface area contributed by atoms with Gasteiger partial charge in [-0.3, -0.25) is 0 Å². The molecule has 0 aromatic heterocycles. The minimum atomic E-state index is -0.472. The molecular formula is C14H11BrClF2N. The molecule has 0 fully saturated rings. The number of hydrogen-bond acceptors (Lipinski definition) is 1. The quantitative estimate of drug-likeness (QED) is 0.862. The van der Waals surface area contributed by atoms with Gasteiger partial charge in [0.05, 0.1) is 5.02 Å². The van der Waals surface area contributed by atoms with Crippen molar-refractivity contribution in [1.82, 2.24) is 0 Å². The molecule has 19 heavy (non-hydrogen) atoms. The van der Waals surface area contributed by atoms with Crippen LogP contribution in [0.1, 0.15) is 17.2 Å². The molecule has 2 aromatic carbocycles. The molecule has 0 amide bonds. The molecule has 0 saturated carbocycles. The van der Waals surface area contributed by atoms with Gasteiger partial charge in [-0.25, -0.2) is 8.78 Å². The first-order valence-electron chi connectivity index (χ1n) is 5.62. The molecule has 0 spiro atoms. The van der Waals surface area contributed by atoms with Crippen molar-refractivity contribution in [2.75, 3.05) is 0 Å². The lowest BCUT2D eigenvalue weighted by atomic mass is 10.00. The Balaban J connectivity index is 2.20. The molecule has 0 aliphatic carbocycles. The zero-order chi connectivity index (χ0) is 14.0. The maximum absolute atomic E-state index is 13.1.